The van der Waals surface area contributed by atoms with Crippen LogP contribution in [0.5, 0.6) is 5.75 Å². The molecule has 5 nitrogen and oxygen atoms in total. The SMILES string of the molecule is CCc1ccc(S(=O)(=O)N2CCC(Oc3cccnc3)CC2)cc1. The minimum absolute atomic E-state index is 0.0307. The molecule has 2 heterocycles. The lowest BCUT2D eigenvalue weighted by Crippen LogP contribution is -2.41. The van der Waals surface area contributed by atoms with Crippen LogP contribution in [-0.2, 0) is 16.4 Å². The first-order chi connectivity index (χ1) is 11.6. The van der Waals surface area contributed by atoms with E-state index in [0.29, 0.717) is 30.8 Å². The van der Waals surface area contributed by atoms with E-state index in [0.717, 1.165) is 17.7 Å². The van der Waals surface area contributed by atoms with Gasteiger partial charge in [0.1, 0.15) is 11.9 Å². The molecule has 0 atom stereocenters. The van der Waals surface area contributed by atoms with Crippen molar-refractivity contribution >= 4 is 10.0 Å². The number of piperidine rings is 1. The number of aryl methyl sites for hydroxylation is 1. The van der Waals surface area contributed by atoms with Crippen LogP contribution in [0.2, 0.25) is 0 Å². The molecule has 0 amide bonds. The number of rotatable bonds is 5. The lowest BCUT2D eigenvalue weighted by molar-refractivity contribution is 0.134. The molecule has 3 rings (SSSR count). The number of ether oxygens (including phenoxy) is 1. The van der Waals surface area contributed by atoms with Crippen molar-refractivity contribution in [1.82, 2.24) is 9.29 Å². The molecule has 6 heteroatoms. The van der Waals surface area contributed by atoms with Crippen LogP contribution in [0.25, 0.3) is 0 Å². The van der Waals surface area contributed by atoms with Gasteiger partial charge in [-0.25, -0.2) is 8.42 Å². The fraction of sp³-hybridized carbons (Fsp3) is 0.389. The van der Waals surface area contributed by atoms with Crippen molar-refractivity contribution in [1.29, 1.82) is 0 Å². The van der Waals surface area contributed by atoms with Gasteiger partial charge < -0.3 is 4.74 Å². The Balaban J connectivity index is 1.62. The molecule has 1 saturated heterocycles. The number of benzene rings is 1. The zero-order valence-electron chi connectivity index (χ0n) is 13.8. The van der Waals surface area contributed by atoms with E-state index in [9.17, 15) is 8.42 Å². The second-order valence-electron chi connectivity index (χ2n) is 5.91. The normalized spacial score (nSPS) is 16.9. The van der Waals surface area contributed by atoms with Crippen LogP contribution >= 0.6 is 0 Å². The molecule has 0 bridgehead atoms. The number of hydrogen-bond donors (Lipinski definition) is 0. The standard InChI is InChI=1S/C18H22N2O3S/c1-2-15-5-7-18(8-6-15)24(21,22)20-12-9-16(10-13-20)23-17-4-3-11-19-14-17/h3-8,11,14,16H,2,9-10,12-13H2,1H3. The van der Waals surface area contributed by atoms with Crippen molar-refractivity contribution in [3.05, 3.63) is 54.4 Å². The molecule has 1 aromatic carbocycles. The van der Waals surface area contributed by atoms with Crippen LogP contribution in [-0.4, -0.2) is 36.9 Å². The molecule has 1 aliphatic heterocycles. The average Bonchev–Trinajstić information content (AvgIpc) is 2.63. The molecule has 1 aliphatic rings. The molecule has 1 fully saturated rings. The average molecular weight is 346 g/mol. The van der Waals surface area contributed by atoms with Gasteiger partial charge in [-0.2, -0.15) is 4.31 Å². The predicted molar refractivity (Wildman–Crippen MR) is 92.5 cm³/mol. The fourth-order valence-corrected chi connectivity index (χ4v) is 4.32. The fourth-order valence-electron chi connectivity index (χ4n) is 2.85. The molecular weight excluding hydrogens is 324 g/mol. The van der Waals surface area contributed by atoms with Crippen molar-refractivity contribution in [2.24, 2.45) is 0 Å². The predicted octanol–water partition coefficient (Wildman–Crippen LogP) is 2.88. The van der Waals surface area contributed by atoms with Gasteiger partial charge in [0.25, 0.3) is 0 Å². The smallest absolute Gasteiger partial charge is 0.243 e. The van der Waals surface area contributed by atoms with Crippen LogP contribution in [0.3, 0.4) is 0 Å². The highest BCUT2D eigenvalue weighted by Crippen LogP contribution is 2.23. The quantitative estimate of drug-likeness (QED) is 0.835. The molecule has 24 heavy (non-hydrogen) atoms. The second kappa shape index (κ2) is 7.32. The first-order valence-corrected chi connectivity index (χ1v) is 9.69. The maximum absolute atomic E-state index is 12.7. The zero-order chi connectivity index (χ0) is 17.0. The van der Waals surface area contributed by atoms with Crippen LogP contribution in [0, 0.1) is 0 Å². The van der Waals surface area contributed by atoms with Crippen molar-refractivity contribution in [2.45, 2.75) is 37.2 Å². The number of nitrogens with zero attached hydrogens (tertiary/aromatic N) is 2. The van der Waals surface area contributed by atoms with Gasteiger partial charge in [0.2, 0.25) is 10.0 Å². The Labute approximate surface area is 143 Å². The van der Waals surface area contributed by atoms with E-state index in [-0.39, 0.29) is 6.10 Å². The molecule has 0 radical (unpaired) electrons. The zero-order valence-corrected chi connectivity index (χ0v) is 14.6. The van der Waals surface area contributed by atoms with E-state index in [1.807, 2.05) is 24.3 Å². The van der Waals surface area contributed by atoms with Crippen molar-refractivity contribution < 1.29 is 13.2 Å². The third-order valence-electron chi connectivity index (χ3n) is 4.31. The van der Waals surface area contributed by atoms with E-state index in [1.165, 1.54) is 0 Å². The largest absolute Gasteiger partial charge is 0.489 e. The van der Waals surface area contributed by atoms with Crippen LogP contribution in [0.1, 0.15) is 25.3 Å². The van der Waals surface area contributed by atoms with Crippen LogP contribution < -0.4 is 4.74 Å². The van der Waals surface area contributed by atoms with E-state index in [4.69, 9.17) is 4.74 Å². The van der Waals surface area contributed by atoms with Crippen LogP contribution in [0.4, 0.5) is 0 Å². The third-order valence-corrected chi connectivity index (χ3v) is 6.22. The van der Waals surface area contributed by atoms with E-state index < -0.39 is 10.0 Å². The van der Waals surface area contributed by atoms with Crippen LogP contribution in [0.15, 0.2) is 53.7 Å². The van der Waals surface area contributed by atoms with Gasteiger partial charge in [0, 0.05) is 19.3 Å². The van der Waals surface area contributed by atoms with Gasteiger partial charge >= 0.3 is 0 Å². The van der Waals surface area contributed by atoms with Gasteiger partial charge in [-0.3, -0.25) is 4.98 Å². The lowest BCUT2D eigenvalue weighted by Gasteiger charge is -2.31. The molecule has 0 N–H and O–H groups in total. The van der Waals surface area contributed by atoms with Crippen molar-refractivity contribution in [3.63, 3.8) is 0 Å². The summed E-state index contributed by atoms with van der Waals surface area (Å²) in [5, 5.41) is 0. The Morgan fingerprint density at radius 3 is 2.46 bits per heavy atom. The Bertz CT molecular complexity index is 753. The minimum Gasteiger partial charge on any atom is -0.489 e. The number of aromatic nitrogens is 1. The highest BCUT2D eigenvalue weighted by Gasteiger charge is 2.30. The van der Waals surface area contributed by atoms with E-state index >= 15 is 0 Å². The summed E-state index contributed by atoms with van der Waals surface area (Å²) in [6.07, 6.45) is 5.67. The first-order valence-electron chi connectivity index (χ1n) is 8.25. The minimum atomic E-state index is -3.42. The number of pyridine rings is 1. The monoisotopic (exact) mass is 346 g/mol. The molecule has 0 spiro atoms. The topological polar surface area (TPSA) is 59.5 Å². The number of sulfonamides is 1. The highest BCUT2D eigenvalue weighted by molar-refractivity contribution is 7.89. The molecule has 0 aliphatic carbocycles. The second-order valence-corrected chi connectivity index (χ2v) is 7.85. The molecule has 0 unspecified atom stereocenters. The molecule has 1 aromatic heterocycles. The van der Waals surface area contributed by atoms with E-state index in [2.05, 4.69) is 11.9 Å². The Hall–Kier alpha value is -1.92. The summed E-state index contributed by atoms with van der Waals surface area (Å²) >= 11 is 0. The molecule has 2 aromatic rings. The van der Waals surface area contributed by atoms with Gasteiger partial charge in [-0.05, 0) is 49.1 Å². The maximum atomic E-state index is 12.7. The van der Waals surface area contributed by atoms with Crippen molar-refractivity contribution in [3.8, 4) is 5.75 Å². The van der Waals surface area contributed by atoms with E-state index in [1.54, 1.807) is 28.8 Å². The summed E-state index contributed by atoms with van der Waals surface area (Å²) in [5.41, 5.74) is 1.14. The van der Waals surface area contributed by atoms with Gasteiger partial charge in [0.05, 0.1) is 11.1 Å². The van der Waals surface area contributed by atoms with Gasteiger partial charge in [0.15, 0.2) is 0 Å². The molecular formula is C18H22N2O3S. The molecule has 0 saturated carbocycles. The Kier molecular flexibility index (Phi) is 5.16. The summed E-state index contributed by atoms with van der Waals surface area (Å²) < 4.78 is 32.9. The first kappa shape index (κ1) is 16.9. The van der Waals surface area contributed by atoms with Gasteiger partial charge in [-0.15, -0.1) is 0 Å². The third kappa shape index (κ3) is 3.76. The Morgan fingerprint density at radius 1 is 1.17 bits per heavy atom. The molecule has 128 valence electrons. The Morgan fingerprint density at radius 2 is 1.88 bits per heavy atom. The van der Waals surface area contributed by atoms with Gasteiger partial charge in [-0.1, -0.05) is 19.1 Å². The summed E-state index contributed by atoms with van der Waals surface area (Å²) in [5.74, 6) is 0.731. The summed E-state index contributed by atoms with van der Waals surface area (Å²) in [6.45, 7) is 3.00. The maximum Gasteiger partial charge on any atom is 0.243 e. The highest BCUT2D eigenvalue weighted by atomic mass is 32.2. The summed E-state index contributed by atoms with van der Waals surface area (Å²) in [4.78, 5) is 4.39. The number of hydrogen-bond acceptors (Lipinski definition) is 4. The summed E-state index contributed by atoms with van der Waals surface area (Å²) in [6, 6.07) is 10.9. The summed E-state index contributed by atoms with van der Waals surface area (Å²) in [7, 11) is -3.42. The van der Waals surface area contributed by atoms with Crippen molar-refractivity contribution in [2.75, 3.05) is 13.1 Å². The lowest BCUT2D eigenvalue weighted by atomic mass is 10.1.